The first-order valence-corrected chi connectivity index (χ1v) is 9.56. The van der Waals surface area contributed by atoms with Crippen LogP contribution in [0.15, 0.2) is 35.4 Å². The Morgan fingerprint density at radius 2 is 2.15 bits per heavy atom. The van der Waals surface area contributed by atoms with Crippen LogP contribution in [0.3, 0.4) is 0 Å². The molecule has 1 atom stereocenters. The van der Waals surface area contributed by atoms with Crippen molar-refractivity contribution >= 4 is 0 Å². The summed E-state index contributed by atoms with van der Waals surface area (Å²) >= 11 is 0. The molecule has 1 unspecified atom stereocenters. The van der Waals surface area contributed by atoms with E-state index in [2.05, 4.69) is 28.4 Å². The Labute approximate surface area is 153 Å². The Balaban J connectivity index is 1.39. The van der Waals surface area contributed by atoms with Gasteiger partial charge in [-0.05, 0) is 44.2 Å². The number of pyridine rings is 1. The fourth-order valence-electron chi connectivity index (χ4n) is 4.06. The number of nitrogens with one attached hydrogen (secondary N) is 1. The second-order valence-corrected chi connectivity index (χ2v) is 7.38. The lowest BCUT2D eigenvalue weighted by atomic mass is 9.90. The molecule has 0 aromatic carbocycles. The second-order valence-electron chi connectivity index (χ2n) is 7.38. The van der Waals surface area contributed by atoms with E-state index in [-0.39, 0.29) is 17.6 Å². The fraction of sp³-hybridized carbons (Fsp3) is 0.550. The van der Waals surface area contributed by atoms with Crippen molar-refractivity contribution in [1.29, 1.82) is 0 Å². The normalized spacial score (nSPS) is 24.0. The van der Waals surface area contributed by atoms with Gasteiger partial charge in [0.25, 0.3) is 5.56 Å². The molecule has 1 fully saturated rings. The molecular weight excluding hydrogens is 328 g/mol. The van der Waals surface area contributed by atoms with E-state index >= 15 is 0 Å². The topological polar surface area (TPSA) is 69.0 Å². The van der Waals surface area contributed by atoms with E-state index in [9.17, 15) is 4.79 Å². The summed E-state index contributed by atoms with van der Waals surface area (Å²) in [5.41, 5.74) is 3.21. The first-order valence-electron chi connectivity index (χ1n) is 9.56. The summed E-state index contributed by atoms with van der Waals surface area (Å²) in [7, 11) is 0. The van der Waals surface area contributed by atoms with Crippen LogP contribution in [-0.2, 0) is 17.8 Å². The van der Waals surface area contributed by atoms with Crippen LogP contribution in [0.1, 0.15) is 61.5 Å². The van der Waals surface area contributed by atoms with Crippen LogP contribution in [0.25, 0.3) is 0 Å². The van der Waals surface area contributed by atoms with E-state index in [1.54, 1.807) is 16.9 Å². The van der Waals surface area contributed by atoms with Crippen molar-refractivity contribution in [3.05, 3.63) is 57.8 Å². The quantitative estimate of drug-likeness (QED) is 0.914. The van der Waals surface area contributed by atoms with Gasteiger partial charge in [-0.25, -0.2) is 4.68 Å². The van der Waals surface area contributed by atoms with Crippen LogP contribution < -0.4 is 10.9 Å². The standard InChI is InChI=1S/C20H26N4O2/c1-14(15-3-2-9-21-12-15)22-17-4-6-18(7-5-17)24-20(25)11-16-13-26-10-8-19(16)23-24/h2-3,9,11-12,14,17-18,22H,4-8,10,13H2,1H3. The highest BCUT2D eigenvalue weighted by atomic mass is 16.5. The van der Waals surface area contributed by atoms with Crippen molar-refractivity contribution in [2.24, 2.45) is 0 Å². The smallest absolute Gasteiger partial charge is 0.267 e. The van der Waals surface area contributed by atoms with Gasteiger partial charge in [0, 0.05) is 42.5 Å². The largest absolute Gasteiger partial charge is 0.376 e. The van der Waals surface area contributed by atoms with Crippen molar-refractivity contribution in [3.63, 3.8) is 0 Å². The van der Waals surface area contributed by atoms with Gasteiger partial charge < -0.3 is 10.1 Å². The van der Waals surface area contributed by atoms with Crippen molar-refractivity contribution < 1.29 is 4.74 Å². The third-order valence-corrected chi connectivity index (χ3v) is 5.58. The number of hydrogen-bond acceptors (Lipinski definition) is 5. The van der Waals surface area contributed by atoms with Gasteiger partial charge in [-0.15, -0.1) is 0 Å². The van der Waals surface area contributed by atoms with E-state index < -0.39 is 0 Å². The predicted molar refractivity (Wildman–Crippen MR) is 98.9 cm³/mol. The van der Waals surface area contributed by atoms with Crippen molar-refractivity contribution in [2.75, 3.05) is 6.61 Å². The molecule has 3 heterocycles. The number of rotatable bonds is 4. The summed E-state index contributed by atoms with van der Waals surface area (Å²) in [5.74, 6) is 0. The third-order valence-electron chi connectivity index (χ3n) is 5.58. The van der Waals surface area contributed by atoms with Gasteiger partial charge in [0.15, 0.2) is 0 Å². The molecule has 1 N–H and O–H groups in total. The average Bonchev–Trinajstić information content (AvgIpc) is 2.69. The lowest BCUT2D eigenvalue weighted by Gasteiger charge is -2.32. The molecule has 0 bridgehead atoms. The molecule has 138 valence electrons. The Bertz CT molecular complexity index is 797. The number of aromatic nitrogens is 3. The molecule has 1 aliphatic heterocycles. The number of ether oxygens (including phenoxy) is 1. The Kier molecular flexibility index (Phi) is 5.13. The highest BCUT2D eigenvalue weighted by Gasteiger charge is 2.26. The van der Waals surface area contributed by atoms with E-state index in [1.165, 1.54) is 5.56 Å². The lowest BCUT2D eigenvalue weighted by Crippen LogP contribution is -2.38. The van der Waals surface area contributed by atoms with Crippen LogP contribution in [0.4, 0.5) is 0 Å². The Hall–Kier alpha value is -2.05. The zero-order chi connectivity index (χ0) is 17.9. The molecule has 0 saturated heterocycles. The van der Waals surface area contributed by atoms with Crippen molar-refractivity contribution in [2.45, 2.75) is 63.8 Å². The van der Waals surface area contributed by atoms with Gasteiger partial charge in [-0.1, -0.05) is 6.07 Å². The molecule has 1 saturated carbocycles. The molecule has 6 nitrogen and oxygen atoms in total. The number of fused-ring (bicyclic) bond motifs is 1. The molecular formula is C20H26N4O2. The summed E-state index contributed by atoms with van der Waals surface area (Å²) in [6, 6.07) is 6.77. The van der Waals surface area contributed by atoms with Gasteiger partial charge >= 0.3 is 0 Å². The molecule has 0 spiro atoms. The van der Waals surface area contributed by atoms with Gasteiger partial charge in [-0.2, -0.15) is 5.10 Å². The van der Waals surface area contributed by atoms with E-state index in [0.717, 1.165) is 43.4 Å². The third kappa shape index (κ3) is 3.71. The molecule has 6 heteroatoms. The second kappa shape index (κ2) is 7.68. The molecule has 2 aromatic rings. The maximum Gasteiger partial charge on any atom is 0.267 e. The summed E-state index contributed by atoms with van der Waals surface area (Å²) in [6.45, 7) is 3.39. The zero-order valence-electron chi connectivity index (χ0n) is 15.2. The SMILES string of the molecule is CC(NC1CCC(n2nc3c(cc2=O)COCC3)CC1)c1cccnc1. The number of nitrogens with zero attached hydrogens (tertiary/aromatic N) is 3. The summed E-state index contributed by atoms with van der Waals surface area (Å²) in [5, 5.41) is 8.37. The van der Waals surface area contributed by atoms with E-state index in [1.807, 2.05) is 12.3 Å². The zero-order valence-corrected chi connectivity index (χ0v) is 15.2. The van der Waals surface area contributed by atoms with Crippen LogP contribution in [0.5, 0.6) is 0 Å². The highest BCUT2D eigenvalue weighted by Crippen LogP contribution is 2.29. The van der Waals surface area contributed by atoms with Gasteiger partial charge in [0.05, 0.1) is 24.9 Å². The molecule has 2 aliphatic rings. The minimum Gasteiger partial charge on any atom is -0.376 e. The summed E-state index contributed by atoms with van der Waals surface area (Å²) in [4.78, 5) is 16.7. The van der Waals surface area contributed by atoms with Gasteiger partial charge in [-0.3, -0.25) is 9.78 Å². The minimum absolute atomic E-state index is 0.00869. The van der Waals surface area contributed by atoms with Crippen LogP contribution in [0, 0.1) is 0 Å². The highest BCUT2D eigenvalue weighted by molar-refractivity contribution is 5.19. The lowest BCUT2D eigenvalue weighted by molar-refractivity contribution is 0.107. The summed E-state index contributed by atoms with van der Waals surface area (Å²) in [6.07, 6.45) is 8.61. The molecule has 2 aromatic heterocycles. The van der Waals surface area contributed by atoms with Crippen molar-refractivity contribution in [3.8, 4) is 0 Å². The van der Waals surface area contributed by atoms with Crippen LogP contribution in [0.2, 0.25) is 0 Å². The predicted octanol–water partition coefficient (Wildman–Crippen LogP) is 2.55. The van der Waals surface area contributed by atoms with Crippen LogP contribution in [-0.4, -0.2) is 27.4 Å². The maximum absolute atomic E-state index is 12.5. The molecule has 0 radical (unpaired) electrons. The number of hydrogen-bond donors (Lipinski definition) is 1. The maximum atomic E-state index is 12.5. The molecule has 4 rings (SSSR count). The molecule has 1 aliphatic carbocycles. The van der Waals surface area contributed by atoms with Gasteiger partial charge in [0.1, 0.15) is 0 Å². The first-order chi connectivity index (χ1) is 12.7. The summed E-state index contributed by atoms with van der Waals surface area (Å²) < 4.78 is 7.15. The first kappa shape index (κ1) is 17.4. The minimum atomic E-state index is 0.00869. The van der Waals surface area contributed by atoms with E-state index in [4.69, 9.17) is 4.74 Å². The van der Waals surface area contributed by atoms with E-state index in [0.29, 0.717) is 19.3 Å². The molecule has 0 amide bonds. The van der Waals surface area contributed by atoms with Crippen LogP contribution >= 0.6 is 0 Å². The van der Waals surface area contributed by atoms with Gasteiger partial charge in [0.2, 0.25) is 0 Å². The monoisotopic (exact) mass is 354 g/mol. The van der Waals surface area contributed by atoms with Crippen molar-refractivity contribution in [1.82, 2.24) is 20.1 Å². The molecule has 26 heavy (non-hydrogen) atoms. The average molecular weight is 354 g/mol. The fourth-order valence-corrected chi connectivity index (χ4v) is 4.06. The Morgan fingerprint density at radius 3 is 2.92 bits per heavy atom. The Morgan fingerprint density at radius 1 is 1.31 bits per heavy atom.